The first-order chi connectivity index (χ1) is 7.57. The summed E-state index contributed by atoms with van der Waals surface area (Å²) in [6, 6.07) is 0. The lowest BCUT2D eigenvalue weighted by Gasteiger charge is -2.05. The standard InChI is InChI=1S/C9H16N4O3/c1-4-16-6-5-10-9-8(13(14)15)7(2)11-12(9)3/h10H,4-6H2,1-3H3. The molecule has 1 N–H and O–H groups in total. The fourth-order valence-electron chi connectivity index (χ4n) is 1.45. The number of aryl methyl sites for hydroxylation is 2. The molecule has 0 bridgehead atoms. The molecule has 7 nitrogen and oxygen atoms in total. The summed E-state index contributed by atoms with van der Waals surface area (Å²) in [7, 11) is 1.67. The van der Waals surface area contributed by atoms with Crippen LogP contribution in [0.5, 0.6) is 0 Å². The highest BCUT2D eigenvalue weighted by atomic mass is 16.6. The fraction of sp³-hybridized carbons (Fsp3) is 0.667. The Morgan fingerprint density at radius 1 is 1.62 bits per heavy atom. The fourth-order valence-corrected chi connectivity index (χ4v) is 1.45. The van der Waals surface area contributed by atoms with Crippen molar-refractivity contribution in [2.75, 3.05) is 25.1 Å². The van der Waals surface area contributed by atoms with Crippen molar-refractivity contribution in [3.63, 3.8) is 0 Å². The average molecular weight is 228 g/mol. The second-order valence-corrected chi connectivity index (χ2v) is 3.29. The first kappa shape index (κ1) is 12.4. The van der Waals surface area contributed by atoms with Crippen molar-refractivity contribution in [1.29, 1.82) is 0 Å². The van der Waals surface area contributed by atoms with E-state index in [4.69, 9.17) is 4.74 Å². The van der Waals surface area contributed by atoms with E-state index in [2.05, 4.69) is 10.4 Å². The summed E-state index contributed by atoms with van der Waals surface area (Å²) in [6.07, 6.45) is 0. The van der Waals surface area contributed by atoms with E-state index in [0.29, 0.717) is 31.3 Å². The van der Waals surface area contributed by atoms with E-state index in [-0.39, 0.29) is 5.69 Å². The maximum atomic E-state index is 10.8. The molecule has 1 aromatic heterocycles. The molecule has 0 saturated heterocycles. The molecule has 0 saturated carbocycles. The van der Waals surface area contributed by atoms with Crippen LogP contribution >= 0.6 is 0 Å². The number of anilines is 1. The van der Waals surface area contributed by atoms with Crippen LogP contribution in [-0.2, 0) is 11.8 Å². The highest BCUT2D eigenvalue weighted by Crippen LogP contribution is 2.26. The minimum atomic E-state index is -0.425. The van der Waals surface area contributed by atoms with Gasteiger partial charge < -0.3 is 10.1 Å². The predicted octanol–water partition coefficient (Wildman–Crippen LogP) is 1.09. The van der Waals surface area contributed by atoms with Crippen molar-refractivity contribution in [2.45, 2.75) is 13.8 Å². The molecule has 90 valence electrons. The molecule has 0 radical (unpaired) electrons. The average Bonchev–Trinajstić information content (AvgIpc) is 2.48. The molecular formula is C9H16N4O3. The Morgan fingerprint density at radius 2 is 2.31 bits per heavy atom. The van der Waals surface area contributed by atoms with Crippen molar-refractivity contribution >= 4 is 11.5 Å². The number of hydrogen-bond donors (Lipinski definition) is 1. The predicted molar refractivity (Wildman–Crippen MR) is 59.6 cm³/mol. The molecule has 1 aromatic rings. The van der Waals surface area contributed by atoms with Crippen LogP contribution in [0.4, 0.5) is 11.5 Å². The van der Waals surface area contributed by atoms with Crippen molar-refractivity contribution in [3.05, 3.63) is 15.8 Å². The summed E-state index contributed by atoms with van der Waals surface area (Å²) in [5.41, 5.74) is 0.436. The number of aromatic nitrogens is 2. The third kappa shape index (κ3) is 2.69. The summed E-state index contributed by atoms with van der Waals surface area (Å²) in [6.45, 7) is 5.18. The topological polar surface area (TPSA) is 82.2 Å². The third-order valence-electron chi connectivity index (χ3n) is 2.12. The number of nitrogens with zero attached hydrogens (tertiary/aromatic N) is 3. The van der Waals surface area contributed by atoms with Crippen molar-refractivity contribution in [1.82, 2.24) is 9.78 Å². The normalized spacial score (nSPS) is 10.4. The Kier molecular flexibility index (Phi) is 4.24. The minimum absolute atomic E-state index is 0.0269. The van der Waals surface area contributed by atoms with E-state index in [9.17, 15) is 10.1 Å². The lowest BCUT2D eigenvalue weighted by molar-refractivity contribution is -0.384. The molecule has 0 aliphatic heterocycles. The van der Waals surface area contributed by atoms with Gasteiger partial charge in [-0.15, -0.1) is 0 Å². The van der Waals surface area contributed by atoms with Gasteiger partial charge in [0.25, 0.3) is 0 Å². The van der Waals surface area contributed by atoms with Gasteiger partial charge in [0.2, 0.25) is 5.82 Å². The molecule has 0 amide bonds. The van der Waals surface area contributed by atoms with Crippen LogP contribution in [0.3, 0.4) is 0 Å². The number of ether oxygens (including phenoxy) is 1. The summed E-state index contributed by atoms with van der Waals surface area (Å²) in [5.74, 6) is 0.419. The van der Waals surface area contributed by atoms with Crippen LogP contribution in [-0.4, -0.2) is 34.5 Å². The van der Waals surface area contributed by atoms with Crippen LogP contribution in [0.15, 0.2) is 0 Å². The highest BCUT2D eigenvalue weighted by Gasteiger charge is 2.23. The number of rotatable bonds is 6. The number of hydrogen-bond acceptors (Lipinski definition) is 5. The Hall–Kier alpha value is -1.63. The zero-order valence-electron chi connectivity index (χ0n) is 9.69. The van der Waals surface area contributed by atoms with Gasteiger partial charge in [0.05, 0.1) is 11.5 Å². The molecule has 7 heteroatoms. The Bertz CT molecular complexity index is 375. The maximum Gasteiger partial charge on any atom is 0.333 e. The molecule has 1 heterocycles. The Morgan fingerprint density at radius 3 is 2.88 bits per heavy atom. The van der Waals surface area contributed by atoms with Gasteiger partial charge in [-0.3, -0.25) is 10.1 Å². The highest BCUT2D eigenvalue weighted by molar-refractivity contribution is 5.59. The summed E-state index contributed by atoms with van der Waals surface area (Å²) >= 11 is 0. The first-order valence-corrected chi connectivity index (χ1v) is 5.07. The smallest absolute Gasteiger partial charge is 0.333 e. The molecule has 0 atom stereocenters. The van der Waals surface area contributed by atoms with Crippen LogP contribution in [0.25, 0.3) is 0 Å². The van der Waals surface area contributed by atoms with E-state index in [0.717, 1.165) is 0 Å². The monoisotopic (exact) mass is 228 g/mol. The Balaban J connectivity index is 2.74. The van der Waals surface area contributed by atoms with Crippen molar-refractivity contribution in [3.8, 4) is 0 Å². The van der Waals surface area contributed by atoms with E-state index >= 15 is 0 Å². The van der Waals surface area contributed by atoms with Crippen molar-refractivity contribution < 1.29 is 9.66 Å². The zero-order valence-corrected chi connectivity index (χ0v) is 9.69. The molecule has 0 aliphatic rings. The second kappa shape index (κ2) is 5.45. The van der Waals surface area contributed by atoms with Gasteiger partial charge >= 0.3 is 5.69 Å². The molecule has 16 heavy (non-hydrogen) atoms. The first-order valence-electron chi connectivity index (χ1n) is 5.07. The van der Waals surface area contributed by atoms with Gasteiger partial charge in [-0.1, -0.05) is 0 Å². The van der Waals surface area contributed by atoms with Gasteiger partial charge in [-0.05, 0) is 13.8 Å². The molecule has 1 rings (SSSR count). The van der Waals surface area contributed by atoms with E-state index < -0.39 is 4.92 Å². The second-order valence-electron chi connectivity index (χ2n) is 3.29. The van der Waals surface area contributed by atoms with E-state index in [1.807, 2.05) is 6.92 Å². The van der Waals surface area contributed by atoms with Gasteiger partial charge in [0, 0.05) is 20.2 Å². The zero-order chi connectivity index (χ0) is 12.1. The van der Waals surface area contributed by atoms with Crippen molar-refractivity contribution in [2.24, 2.45) is 7.05 Å². The quantitative estimate of drug-likeness (QED) is 0.447. The number of nitro groups is 1. The molecule has 0 aromatic carbocycles. The van der Waals surface area contributed by atoms with Crippen LogP contribution < -0.4 is 5.32 Å². The number of nitrogens with one attached hydrogen (secondary N) is 1. The third-order valence-corrected chi connectivity index (χ3v) is 2.12. The Labute approximate surface area is 93.5 Å². The van der Waals surface area contributed by atoms with Gasteiger partial charge in [0.15, 0.2) is 0 Å². The van der Waals surface area contributed by atoms with E-state index in [1.165, 1.54) is 4.68 Å². The van der Waals surface area contributed by atoms with Gasteiger partial charge in [-0.2, -0.15) is 5.10 Å². The van der Waals surface area contributed by atoms with Gasteiger partial charge in [0.1, 0.15) is 5.69 Å². The molecule has 0 unspecified atom stereocenters. The van der Waals surface area contributed by atoms with Gasteiger partial charge in [-0.25, -0.2) is 4.68 Å². The minimum Gasteiger partial charge on any atom is -0.380 e. The molecular weight excluding hydrogens is 212 g/mol. The SMILES string of the molecule is CCOCCNc1c([N+](=O)[O-])c(C)nn1C. The van der Waals surface area contributed by atoms with Crippen LogP contribution in [0, 0.1) is 17.0 Å². The summed E-state index contributed by atoms with van der Waals surface area (Å²) < 4.78 is 6.61. The lowest BCUT2D eigenvalue weighted by atomic mass is 10.4. The summed E-state index contributed by atoms with van der Waals surface area (Å²) in [4.78, 5) is 10.4. The molecule has 0 fully saturated rings. The van der Waals surface area contributed by atoms with Crippen LogP contribution in [0.1, 0.15) is 12.6 Å². The maximum absolute atomic E-state index is 10.8. The molecule has 0 aliphatic carbocycles. The summed E-state index contributed by atoms with van der Waals surface area (Å²) in [5, 5.41) is 17.8. The largest absolute Gasteiger partial charge is 0.380 e. The van der Waals surface area contributed by atoms with E-state index in [1.54, 1.807) is 14.0 Å². The molecule has 0 spiro atoms. The lowest BCUT2D eigenvalue weighted by Crippen LogP contribution is -2.12. The van der Waals surface area contributed by atoms with Crippen LogP contribution in [0.2, 0.25) is 0 Å².